The van der Waals surface area contributed by atoms with E-state index in [0.717, 1.165) is 42.4 Å². The van der Waals surface area contributed by atoms with E-state index in [1.165, 1.54) is 12.1 Å². The minimum atomic E-state index is -0.224. The van der Waals surface area contributed by atoms with Crippen LogP contribution in [-0.4, -0.2) is 28.0 Å². The number of aromatic hydroxyl groups is 1. The van der Waals surface area contributed by atoms with Gasteiger partial charge < -0.3 is 10.0 Å². The summed E-state index contributed by atoms with van der Waals surface area (Å²) in [5, 5.41) is 9.96. The Morgan fingerprint density at radius 3 is 2.38 bits per heavy atom. The molecule has 4 heteroatoms. The molecule has 26 heavy (non-hydrogen) atoms. The molecule has 0 spiro atoms. The van der Waals surface area contributed by atoms with Crippen molar-refractivity contribution in [2.75, 3.05) is 0 Å². The van der Waals surface area contributed by atoms with E-state index in [0.29, 0.717) is 5.56 Å². The number of hydrogen-bond donors (Lipinski definition) is 1. The third-order valence-corrected chi connectivity index (χ3v) is 5.44. The first kappa shape index (κ1) is 18.4. The van der Waals surface area contributed by atoms with E-state index in [1.807, 2.05) is 30.9 Å². The van der Waals surface area contributed by atoms with Crippen LogP contribution in [0.5, 0.6) is 5.75 Å². The van der Waals surface area contributed by atoms with Gasteiger partial charge in [0.1, 0.15) is 11.6 Å². The number of rotatable bonds is 4. The van der Waals surface area contributed by atoms with Gasteiger partial charge in [-0.15, -0.1) is 0 Å². The highest BCUT2D eigenvalue weighted by Gasteiger charge is 2.34. The highest BCUT2D eigenvalue weighted by Crippen LogP contribution is 2.31. The van der Waals surface area contributed by atoms with Crippen LogP contribution in [0, 0.1) is 19.7 Å². The van der Waals surface area contributed by atoms with Gasteiger partial charge >= 0.3 is 0 Å². The Hall–Kier alpha value is -2.36. The number of carbonyl (C=O) groups excluding carboxylic acids is 1. The van der Waals surface area contributed by atoms with E-state index in [4.69, 9.17) is 0 Å². The Morgan fingerprint density at radius 1 is 1.15 bits per heavy atom. The second kappa shape index (κ2) is 7.48. The van der Waals surface area contributed by atoms with Gasteiger partial charge in [-0.05, 0) is 87.4 Å². The Morgan fingerprint density at radius 2 is 1.77 bits per heavy atom. The minimum absolute atomic E-state index is 0.0327. The van der Waals surface area contributed by atoms with Crippen LogP contribution in [-0.2, 0) is 6.42 Å². The molecule has 1 N–H and O–H groups in total. The maximum absolute atomic E-state index is 13.1. The van der Waals surface area contributed by atoms with E-state index in [1.54, 1.807) is 12.1 Å². The maximum atomic E-state index is 13.1. The van der Waals surface area contributed by atoms with Crippen molar-refractivity contribution < 1.29 is 14.3 Å². The third kappa shape index (κ3) is 3.74. The molecule has 138 valence electrons. The standard InChI is InChI=1S/C22H26FNO2/c1-14-12-18(13-15(2)21(14)25)22(26)24-16(3)4-10-20(24)11-7-17-5-8-19(23)9-6-17/h5-6,8-9,12-13,16,20,25H,4,7,10-11H2,1-3H3/t16-,20-/m1/s1. The second-order valence-electron chi connectivity index (χ2n) is 7.42. The number of likely N-dealkylation sites (tertiary alicyclic amines) is 1. The van der Waals surface area contributed by atoms with Crippen molar-refractivity contribution in [3.05, 3.63) is 64.5 Å². The van der Waals surface area contributed by atoms with Gasteiger partial charge in [-0.2, -0.15) is 0 Å². The molecule has 1 fully saturated rings. The summed E-state index contributed by atoms with van der Waals surface area (Å²) in [5.41, 5.74) is 3.18. The number of amides is 1. The van der Waals surface area contributed by atoms with Crippen molar-refractivity contribution >= 4 is 5.91 Å². The molecular formula is C22H26FNO2. The average molecular weight is 355 g/mol. The normalized spacial score (nSPS) is 19.8. The number of carbonyl (C=O) groups is 1. The van der Waals surface area contributed by atoms with Gasteiger partial charge in [0.25, 0.3) is 5.91 Å². The zero-order chi connectivity index (χ0) is 18.8. The van der Waals surface area contributed by atoms with Crippen molar-refractivity contribution in [2.24, 2.45) is 0 Å². The summed E-state index contributed by atoms with van der Waals surface area (Å²) in [6.07, 6.45) is 3.69. The van der Waals surface area contributed by atoms with Crippen LogP contribution in [0.15, 0.2) is 36.4 Å². The Balaban J connectivity index is 1.75. The lowest BCUT2D eigenvalue weighted by molar-refractivity contribution is 0.0672. The van der Waals surface area contributed by atoms with Gasteiger partial charge in [0.2, 0.25) is 0 Å². The molecular weight excluding hydrogens is 329 g/mol. The van der Waals surface area contributed by atoms with E-state index in [-0.39, 0.29) is 29.6 Å². The van der Waals surface area contributed by atoms with Crippen molar-refractivity contribution in [1.29, 1.82) is 0 Å². The molecule has 1 amide bonds. The second-order valence-corrected chi connectivity index (χ2v) is 7.42. The quantitative estimate of drug-likeness (QED) is 0.858. The topological polar surface area (TPSA) is 40.5 Å². The fourth-order valence-corrected chi connectivity index (χ4v) is 3.93. The summed E-state index contributed by atoms with van der Waals surface area (Å²) >= 11 is 0. The molecule has 3 rings (SSSR count). The number of phenols is 1. The smallest absolute Gasteiger partial charge is 0.254 e. The first-order valence-electron chi connectivity index (χ1n) is 9.24. The zero-order valence-corrected chi connectivity index (χ0v) is 15.6. The lowest BCUT2D eigenvalue weighted by Gasteiger charge is -2.29. The molecule has 0 radical (unpaired) electrons. The van der Waals surface area contributed by atoms with Gasteiger partial charge in [-0.3, -0.25) is 4.79 Å². The number of phenolic OH excluding ortho intramolecular Hbond substituents is 1. The van der Waals surface area contributed by atoms with Crippen molar-refractivity contribution in [3.8, 4) is 5.75 Å². The van der Waals surface area contributed by atoms with Crippen LogP contribution in [0.3, 0.4) is 0 Å². The molecule has 3 nitrogen and oxygen atoms in total. The number of nitrogens with zero attached hydrogens (tertiary/aromatic N) is 1. The molecule has 0 aliphatic carbocycles. The van der Waals surface area contributed by atoms with Crippen LogP contribution >= 0.6 is 0 Å². The minimum Gasteiger partial charge on any atom is -0.507 e. The van der Waals surface area contributed by atoms with Crippen LogP contribution in [0.2, 0.25) is 0 Å². The zero-order valence-electron chi connectivity index (χ0n) is 15.6. The first-order valence-corrected chi connectivity index (χ1v) is 9.24. The predicted molar refractivity (Wildman–Crippen MR) is 101 cm³/mol. The first-order chi connectivity index (χ1) is 12.4. The van der Waals surface area contributed by atoms with Crippen LogP contribution < -0.4 is 0 Å². The van der Waals surface area contributed by atoms with Gasteiger partial charge in [0, 0.05) is 17.6 Å². The Kier molecular flexibility index (Phi) is 5.30. The van der Waals surface area contributed by atoms with Crippen molar-refractivity contribution in [3.63, 3.8) is 0 Å². The summed E-state index contributed by atoms with van der Waals surface area (Å²) < 4.78 is 13.1. The van der Waals surface area contributed by atoms with Gasteiger partial charge in [0.05, 0.1) is 0 Å². The molecule has 1 saturated heterocycles. The van der Waals surface area contributed by atoms with Crippen LogP contribution in [0.25, 0.3) is 0 Å². The van der Waals surface area contributed by atoms with Crippen molar-refractivity contribution in [2.45, 2.75) is 58.5 Å². The molecule has 0 bridgehead atoms. The number of hydrogen-bond acceptors (Lipinski definition) is 2. The molecule has 0 aromatic heterocycles. The lowest BCUT2D eigenvalue weighted by atomic mass is 10.0. The van der Waals surface area contributed by atoms with Crippen LogP contribution in [0.4, 0.5) is 4.39 Å². The van der Waals surface area contributed by atoms with E-state index < -0.39 is 0 Å². The number of benzene rings is 2. The highest BCUT2D eigenvalue weighted by molar-refractivity contribution is 5.95. The summed E-state index contributed by atoms with van der Waals surface area (Å²) in [5.74, 6) is 0.0623. The van der Waals surface area contributed by atoms with Gasteiger partial charge in [0.15, 0.2) is 0 Å². The lowest BCUT2D eigenvalue weighted by Crippen LogP contribution is -2.40. The largest absolute Gasteiger partial charge is 0.507 e. The summed E-state index contributed by atoms with van der Waals surface area (Å²) in [6, 6.07) is 10.5. The maximum Gasteiger partial charge on any atom is 0.254 e. The summed E-state index contributed by atoms with van der Waals surface area (Å²) in [4.78, 5) is 15.1. The molecule has 2 aromatic carbocycles. The molecule has 1 aliphatic heterocycles. The SMILES string of the molecule is Cc1cc(C(=O)N2[C@@H](CCc3ccc(F)cc3)CC[C@H]2C)cc(C)c1O. The average Bonchev–Trinajstić information content (AvgIpc) is 2.98. The van der Waals surface area contributed by atoms with Crippen molar-refractivity contribution in [1.82, 2.24) is 4.90 Å². The Bertz CT molecular complexity index is 777. The third-order valence-electron chi connectivity index (χ3n) is 5.44. The monoisotopic (exact) mass is 355 g/mol. The molecule has 2 aromatic rings. The van der Waals surface area contributed by atoms with E-state index in [9.17, 15) is 14.3 Å². The fourth-order valence-electron chi connectivity index (χ4n) is 3.93. The predicted octanol–water partition coefficient (Wildman–Crippen LogP) is 4.77. The summed E-state index contributed by atoms with van der Waals surface area (Å²) in [7, 11) is 0. The molecule has 0 saturated carbocycles. The highest BCUT2D eigenvalue weighted by atomic mass is 19.1. The Labute approximate surface area is 154 Å². The van der Waals surface area contributed by atoms with Crippen LogP contribution in [0.1, 0.15) is 53.2 Å². The fraction of sp³-hybridized carbons (Fsp3) is 0.409. The molecule has 2 atom stereocenters. The molecule has 0 unspecified atom stereocenters. The van der Waals surface area contributed by atoms with E-state index in [2.05, 4.69) is 6.92 Å². The van der Waals surface area contributed by atoms with Gasteiger partial charge in [-0.1, -0.05) is 12.1 Å². The molecule has 1 aliphatic rings. The van der Waals surface area contributed by atoms with Gasteiger partial charge in [-0.25, -0.2) is 4.39 Å². The number of halogens is 1. The summed E-state index contributed by atoms with van der Waals surface area (Å²) in [6.45, 7) is 5.73. The van der Waals surface area contributed by atoms with E-state index >= 15 is 0 Å². The number of aryl methyl sites for hydroxylation is 3. The molecule has 1 heterocycles.